The molecule has 0 saturated heterocycles. The van der Waals surface area contributed by atoms with E-state index < -0.39 is 0 Å². The summed E-state index contributed by atoms with van der Waals surface area (Å²) < 4.78 is 6.13. The Bertz CT molecular complexity index is 619. The topological polar surface area (TPSA) is 80.7 Å². The van der Waals surface area contributed by atoms with Crippen molar-refractivity contribution in [3.05, 3.63) is 33.9 Å². The molecule has 0 atom stereocenters. The summed E-state index contributed by atoms with van der Waals surface area (Å²) in [6, 6.07) is 5.34. The van der Waals surface area contributed by atoms with Crippen molar-refractivity contribution in [2.45, 2.75) is 0 Å². The zero-order valence-electron chi connectivity index (χ0n) is 9.10. The third-order valence-electron chi connectivity index (χ3n) is 2.24. The molecular weight excluding hydrogens is 321 g/mol. The zero-order chi connectivity index (χ0) is 13.1. The summed E-state index contributed by atoms with van der Waals surface area (Å²) in [5, 5.41) is 12.7. The van der Waals surface area contributed by atoms with E-state index in [1.54, 1.807) is 18.3 Å². The average molecular weight is 331 g/mol. The molecule has 1 aromatic heterocycles. The number of hydrogen-bond donors (Lipinski definition) is 2. The van der Waals surface area contributed by atoms with E-state index in [-0.39, 0.29) is 12.4 Å². The van der Waals surface area contributed by atoms with Gasteiger partial charge in [0.15, 0.2) is 11.6 Å². The molecule has 0 unspecified atom stereocenters. The van der Waals surface area contributed by atoms with E-state index in [9.17, 15) is 0 Å². The van der Waals surface area contributed by atoms with Gasteiger partial charge in [-0.05, 0) is 34.1 Å². The van der Waals surface area contributed by atoms with Crippen LogP contribution in [-0.2, 0) is 0 Å². The van der Waals surface area contributed by atoms with Gasteiger partial charge in [0.25, 0.3) is 0 Å². The van der Waals surface area contributed by atoms with Gasteiger partial charge in [-0.1, -0.05) is 16.8 Å². The van der Waals surface area contributed by atoms with E-state index in [1.165, 1.54) is 0 Å². The van der Waals surface area contributed by atoms with Crippen LogP contribution in [0.5, 0.6) is 5.75 Å². The highest BCUT2D eigenvalue weighted by molar-refractivity contribution is 9.10. The molecule has 0 amide bonds. The highest BCUT2D eigenvalue weighted by atomic mass is 79.9. The van der Waals surface area contributed by atoms with E-state index in [0.717, 1.165) is 5.39 Å². The summed E-state index contributed by atoms with van der Waals surface area (Å²) in [6.45, 7) is -0.0393. The van der Waals surface area contributed by atoms with Crippen molar-refractivity contribution < 1.29 is 9.94 Å². The molecule has 0 radical (unpaired) electrons. The van der Waals surface area contributed by atoms with Crippen LogP contribution in [0.3, 0.4) is 0 Å². The van der Waals surface area contributed by atoms with Crippen molar-refractivity contribution in [3.63, 3.8) is 0 Å². The molecule has 18 heavy (non-hydrogen) atoms. The second-order valence-electron chi connectivity index (χ2n) is 3.45. The van der Waals surface area contributed by atoms with Crippen LogP contribution in [0.15, 0.2) is 34.0 Å². The molecule has 0 aliphatic rings. The van der Waals surface area contributed by atoms with Gasteiger partial charge in [-0.15, -0.1) is 0 Å². The summed E-state index contributed by atoms with van der Waals surface area (Å²) in [4.78, 5) is 4.22. The Morgan fingerprint density at radius 1 is 1.61 bits per heavy atom. The van der Waals surface area contributed by atoms with Gasteiger partial charge in [-0.3, -0.25) is 4.98 Å². The standard InChI is InChI=1S/C11H9BrClN3O2/c12-7-4-8(13)6-2-1-3-15-10(6)11(7)18-5-9(14)16-17/h1-4,17H,5H2,(H2,14,16). The monoisotopic (exact) mass is 329 g/mol. The molecule has 2 rings (SSSR count). The van der Waals surface area contributed by atoms with Crippen LogP contribution >= 0.6 is 27.5 Å². The largest absolute Gasteiger partial charge is 0.482 e. The summed E-state index contributed by atoms with van der Waals surface area (Å²) in [6.07, 6.45) is 1.64. The minimum Gasteiger partial charge on any atom is -0.482 e. The van der Waals surface area contributed by atoms with Crippen LogP contribution in [0.25, 0.3) is 10.9 Å². The van der Waals surface area contributed by atoms with Crippen molar-refractivity contribution in [3.8, 4) is 5.75 Å². The lowest BCUT2D eigenvalue weighted by atomic mass is 10.2. The van der Waals surface area contributed by atoms with Crippen LogP contribution in [0, 0.1) is 0 Å². The van der Waals surface area contributed by atoms with Gasteiger partial charge in [0.05, 0.1) is 9.50 Å². The number of nitrogens with zero attached hydrogens (tertiary/aromatic N) is 2. The molecule has 1 heterocycles. The number of benzene rings is 1. The Labute approximate surface area is 116 Å². The number of nitrogens with two attached hydrogens (primary N) is 1. The Balaban J connectivity index is 2.49. The Morgan fingerprint density at radius 2 is 2.39 bits per heavy atom. The third-order valence-corrected chi connectivity index (χ3v) is 3.15. The lowest BCUT2D eigenvalue weighted by Gasteiger charge is -2.11. The minimum atomic E-state index is -0.0393. The molecule has 0 saturated carbocycles. The van der Waals surface area contributed by atoms with Crippen LogP contribution < -0.4 is 10.5 Å². The van der Waals surface area contributed by atoms with Crippen LogP contribution in [0.1, 0.15) is 0 Å². The van der Waals surface area contributed by atoms with Crippen LogP contribution in [-0.4, -0.2) is 22.6 Å². The first kappa shape index (κ1) is 12.9. The molecule has 0 spiro atoms. The number of halogens is 2. The quantitative estimate of drug-likeness (QED) is 0.392. The lowest BCUT2D eigenvalue weighted by molar-refractivity contribution is 0.306. The lowest BCUT2D eigenvalue weighted by Crippen LogP contribution is -2.21. The number of fused-ring (bicyclic) bond motifs is 1. The fraction of sp³-hybridized carbons (Fsp3) is 0.0909. The molecule has 3 N–H and O–H groups in total. The van der Waals surface area contributed by atoms with Gasteiger partial charge in [0, 0.05) is 11.6 Å². The van der Waals surface area contributed by atoms with Crippen molar-refractivity contribution in [1.29, 1.82) is 0 Å². The second-order valence-corrected chi connectivity index (χ2v) is 4.71. The van der Waals surface area contributed by atoms with Crippen LogP contribution in [0.4, 0.5) is 0 Å². The molecule has 94 valence electrons. The maximum absolute atomic E-state index is 8.47. The number of pyridine rings is 1. The number of rotatable bonds is 3. The van der Waals surface area contributed by atoms with Crippen molar-refractivity contribution in [2.24, 2.45) is 10.9 Å². The van der Waals surface area contributed by atoms with Gasteiger partial charge in [-0.25, -0.2) is 0 Å². The van der Waals surface area contributed by atoms with E-state index in [0.29, 0.717) is 20.8 Å². The van der Waals surface area contributed by atoms with Gasteiger partial charge in [-0.2, -0.15) is 0 Å². The zero-order valence-corrected chi connectivity index (χ0v) is 11.4. The van der Waals surface area contributed by atoms with E-state index in [1.807, 2.05) is 6.07 Å². The maximum atomic E-state index is 8.47. The predicted molar refractivity (Wildman–Crippen MR) is 73.4 cm³/mol. The highest BCUT2D eigenvalue weighted by Crippen LogP contribution is 2.36. The first-order chi connectivity index (χ1) is 8.63. The molecule has 5 nitrogen and oxygen atoms in total. The Kier molecular flexibility index (Phi) is 3.88. The van der Waals surface area contributed by atoms with Gasteiger partial charge in [0.2, 0.25) is 0 Å². The number of ether oxygens (including phenoxy) is 1. The fourth-order valence-electron chi connectivity index (χ4n) is 1.46. The molecule has 0 aliphatic carbocycles. The first-order valence-corrected chi connectivity index (χ1v) is 6.12. The number of oxime groups is 1. The van der Waals surface area contributed by atoms with E-state index in [4.69, 9.17) is 27.3 Å². The van der Waals surface area contributed by atoms with Crippen LogP contribution in [0.2, 0.25) is 5.02 Å². The van der Waals surface area contributed by atoms with Crippen molar-refractivity contribution in [1.82, 2.24) is 4.98 Å². The smallest absolute Gasteiger partial charge is 0.177 e. The van der Waals surface area contributed by atoms with Gasteiger partial charge < -0.3 is 15.7 Å². The molecule has 0 bridgehead atoms. The average Bonchev–Trinajstić information content (AvgIpc) is 2.38. The highest BCUT2D eigenvalue weighted by Gasteiger charge is 2.12. The van der Waals surface area contributed by atoms with E-state index >= 15 is 0 Å². The Morgan fingerprint density at radius 3 is 3.11 bits per heavy atom. The summed E-state index contributed by atoms with van der Waals surface area (Å²) in [5.74, 6) is 0.475. The SMILES string of the molecule is N/C(COc1c(Br)cc(Cl)c2cccnc12)=N\O. The molecule has 7 heteroatoms. The summed E-state index contributed by atoms with van der Waals surface area (Å²) >= 11 is 9.46. The van der Waals surface area contributed by atoms with Gasteiger partial charge in [0.1, 0.15) is 12.1 Å². The fourth-order valence-corrected chi connectivity index (χ4v) is 2.38. The predicted octanol–water partition coefficient (Wildman–Crippen LogP) is 2.78. The van der Waals surface area contributed by atoms with Crippen molar-refractivity contribution >= 4 is 44.3 Å². The first-order valence-electron chi connectivity index (χ1n) is 4.95. The summed E-state index contributed by atoms with van der Waals surface area (Å²) in [7, 11) is 0. The number of aromatic nitrogens is 1. The summed E-state index contributed by atoms with van der Waals surface area (Å²) in [5.41, 5.74) is 5.97. The van der Waals surface area contributed by atoms with Gasteiger partial charge >= 0.3 is 0 Å². The maximum Gasteiger partial charge on any atom is 0.177 e. The minimum absolute atomic E-state index is 0.0269. The van der Waals surface area contributed by atoms with Crippen molar-refractivity contribution in [2.75, 3.05) is 6.61 Å². The second kappa shape index (κ2) is 5.41. The molecule has 0 fully saturated rings. The Hall–Kier alpha value is -1.53. The molecule has 2 aromatic rings. The molecule has 0 aliphatic heterocycles. The molecular formula is C11H9BrClN3O2. The number of amidine groups is 1. The van der Waals surface area contributed by atoms with E-state index in [2.05, 4.69) is 26.1 Å². The number of hydrogen-bond acceptors (Lipinski definition) is 4. The molecule has 1 aromatic carbocycles. The normalized spacial score (nSPS) is 11.8. The third kappa shape index (κ3) is 2.49.